The Morgan fingerprint density at radius 1 is 0.783 bits per heavy atom. The highest BCUT2D eigenvalue weighted by Crippen LogP contribution is 2.30. The molecule has 1 aliphatic rings. The Hall–Kier alpha value is -2.00. The van der Waals surface area contributed by atoms with E-state index in [-0.39, 0.29) is 17.5 Å². The number of allylic oxidation sites excluding steroid dienone is 2. The zero-order valence-electron chi connectivity index (χ0n) is 12.6. The largest absolute Gasteiger partial charge is 0.298 e. The number of Topliss-reactive ketones (excluding diaryl/α,β-unsaturated/α-hetero) is 2. The van der Waals surface area contributed by atoms with Gasteiger partial charge in [0.1, 0.15) is 0 Å². The topological polar surface area (TPSA) is 34.1 Å². The number of carbonyl (C=O) groups is 2. The van der Waals surface area contributed by atoms with Crippen molar-refractivity contribution >= 4 is 27.5 Å². The SMILES string of the molecule is O=C1C(Br)=CC(Cc2ccccc2)C(=O)C1Cc1ccccc1. The number of hydrogen-bond acceptors (Lipinski definition) is 2. The Bertz CT molecular complexity index is 735. The summed E-state index contributed by atoms with van der Waals surface area (Å²) in [6, 6.07) is 19.6. The van der Waals surface area contributed by atoms with Crippen LogP contribution in [0.25, 0.3) is 0 Å². The molecule has 1 aliphatic carbocycles. The lowest BCUT2D eigenvalue weighted by molar-refractivity contribution is -0.133. The molecule has 0 saturated carbocycles. The van der Waals surface area contributed by atoms with Gasteiger partial charge in [0.15, 0.2) is 11.6 Å². The van der Waals surface area contributed by atoms with Gasteiger partial charge < -0.3 is 0 Å². The fourth-order valence-corrected chi connectivity index (χ4v) is 3.56. The number of halogens is 1. The van der Waals surface area contributed by atoms with Crippen molar-refractivity contribution < 1.29 is 9.59 Å². The second kappa shape index (κ2) is 7.05. The minimum atomic E-state index is -0.592. The lowest BCUT2D eigenvalue weighted by Crippen LogP contribution is -2.36. The molecule has 3 rings (SSSR count). The van der Waals surface area contributed by atoms with E-state index in [1.54, 1.807) is 6.08 Å². The maximum Gasteiger partial charge on any atom is 0.180 e. The van der Waals surface area contributed by atoms with Crippen molar-refractivity contribution in [2.75, 3.05) is 0 Å². The zero-order chi connectivity index (χ0) is 16.2. The fraction of sp³-hybridized carbons (Fsp3) is 0.200. The summed E-state index contributed by atoms with van der Waals surface area (Å²) in [4.78, 5) is 25.2. The number of carbonyl (C=O) groups excluding carboxylic acids is 2. The average molecular weight is 369 g/mol. The standard InChI is InChI=1S/C20H17BrO2/c21-18-13-16(11-14-7-3-1-4-8-14)19(22)17(20(18)23)12-15-9-5-2-6-10-15/h1-10,13,16-17H,11-12H2. The van der Waals surface area contributed by atoms with E-state index in [0.29, 0.717) is 17.3 Å². The quantitative estimate of drug-likeness (QED) is 0.760. The fourth-order valence-electron chi connectivity index (χ4n) is 2.97. The first-order valence-corrected chi connectivity index (χ1v) is 8.47. The van der Waals surface area contributed by atoms with Crippen LogP contribution in [-0.2, 0) is 22.4 Å². The van der Waals surface area contributed by atoms with Crippen LogP contribution in [0.5, 0.6) is 0 Å². The summed E-state index contributed by atoms with van der Waals surface area (Å²) >= 11 is 3.35. The molecule has 116 valence electrons. The lowest BCUT2D eigenvalue weighted by atomic mass is 9.78. The van der Waals surface area contributed by atoms with Crippen molar-refractivity contribution in [2.24, 2.45) is 11.8 Å². The van der Waals surface area contributed by atoms with Crippen LogP contribution < -0.4 is 0 Å². The van der Waals surface area contributed by atoms with Gasteiger partial charge in [-0.1, -0.05) is 66.7 Å². The average Bonchev–Trinajstić information content (AvgIpc) is 2.58. The van der Waals surface area contributed by atoms with Crippen LogP contribution in [0, 0.1) is 11.8 Å². The van der Waals surface area contributed by atoms with Crippen LogP contribution in [0.4, 0.5) is 0 Å². The lowest BCUT2D eigenvalue weighted by Gasteiger charge is -2.24. The van der Waals surface area contributed by atoms with Gasteiger partial charge in [-0.2, -0.15) is 0 Å². The third-order valence-electron chi connectivity index (χ3n) is 4.19. The molecule has 2 unspecified atom stereocenters. The first-order chi connectivity index (χ1) is 11.1. The number of hydrogen-bond donors (Lipinski definition) is 0. The summed E-state index contributed by atoms with van der Waals surface area (Å²) in [5.41, 5.74) is 2.12. The molecule has 0 saturated heterocycles. The van der Waals surface area contributed by atoms with Gasteiger partial charge in [0.25, 0.3) is 0 Å². The van der Waals surface area contributed by atoms with Crippen LogP contribution in [-0.4, -0.2) is 11.6 Å². The first-order valence-electron chi connectivity index (χ1n) is 7.68. The summed E-state index contributed by atoms with van der Waals surface area (Å²) in [6.07, 6.45) is 2.86. The monoisotopic (exact) mass is 368 g/mol. The van der Waals surface area contributed by atoms with Crippen molar-refractivity contribution in [3.05, 3.63) is 82.3 Å². The smallest absolute Gasteiger partial charge is 0.180 e. The van der Waals surface area contributed by atoms with Crippen molar-refractivity contribution in [1.29, 1.82) is 0 Å². The van der Waals surface area contributed by atoms with E-state index < -0.39 is 5.92 Å². The van der Waals surface area contributed by atoms with E-state index in [4.69, 9.17) is 0 Å². The van der Waals surface area contributed by atoms with Crippen LogP contribution in [0.2, 0.25) is 0 Å². The summed E-state index contributed by atoms with van der Waals surface area (Å²) in [5, 5.41) is 0. The van der Waals surface area contributed by atoms with Crippen molar-refractivity contribution in [1.82, 2.24) is 0 Å². The second-order valence-electron chi connectivity index (χ2n) is 5.82. The minimum Gasteiger partial charge on any atom is -0.298 e. The van der Waals surface area contributed by atoms with Crippen molar-refractivity contribution in [3.63, 3.8) is 0 Å². The highest BCUT2D eigenvalue weighted by atomic mass is 79.9. The van der Waals surface area contributed by atoms with E-state index in [1.165, 1.54) is 0 Å². The third-order valence-corrected chi connectivity index (χ3v) is 4.84. The van der Waals surface area contributed by atoms with Crippen LogP contribution in [0.15, 0.2) is 71.2 Å². The molecule has 0 bridgehead atoms. The molecule has 2 nitrogen and oxygen atoms in total. The van der Waals surface area contributed by atoms with E-state index in [0.717, 1.165) is 11.1 Å². The minimum absolute atomic E-state index is 0.0194. The van der Waals surface area contributed by atoms with E-state index >= 15 is 0 Å². The van der Waals surface area contributed by atoms with Crippen LogP contribution in [0.3, 0.4) is 0 Å². The summed E-state index contributed by atoms with van der Waals surface area (Å²) in [6.45, 7) is 0. The summed E-state index contributed by atoms with van der Waals surface area (Å²) in [7, 11) is 0. The molecule has 23 heavy (non-hydrogen) atoms. The Morgan fingerprint density at radius 2 is 1.30 bits per heavy atom. The van der Waals surface area contributed by atoms with Crippen molar-refractivity contribution in [3.8, 4) is 0 Å². The molecule has 0 fully saturated rings. The highest BCUT2D eigenvalue weighted by Gasteiger charge is 2.37. The van der Waals surface area contributed by atoms with E-state index in [1.807, 2.05) is 60.7 Å². The van der Waals surface area contributed by atoms with Gasteiger partial charge in [-0.15, -0.1) is 0 Å². The Kier molecular flexibility index (Phi) is 4.87. The third kappa shape index (κ3) is 3.67. The molecule has 0 amide bonds. The Balaban J connectivity index is 1.83. The molecule has 2 aromatic rings. The molecule has 0 heterocycles. The zero-order valence-corrected chi connectivity index (χ0v) is 14.2. The first kappa shape index (κ1) is 15.9. The predicted molar refractivity (Wildman–Crippen MR) is 94.3 cm³/mol. The maximum absolute atomic E-state index is 12.8. The highest BCUT2D eigenvalue weighted by molar-refractivity contribution is 9.12. The summed E-state index contributed by atoms with van der Waals surface area (Å²) < 4.78 is 0.527. The van der Waals surface area contributed by atoms with Crippen LogP contribution in [0.1, 0.15) is 11.1 Å². The molecule has 3 heteroatoms. The second-order valence-corrected chi connectivity index (χ2v) is 6.67. The number of ketones is 2. The molecule has 0 N–H and O–H groups in total. The van der Waals surface area contributed by atoms with E-state index in [9.17, 15) is 9.59 Å². The van der Waals surface area contributed by atoms with Gasteiger partial charge in [0.2, 0.25) is 0 Å². The van der Waals surface area contributed by atoms with Crippen molar-refractivity contribution in [2.45, 2.75) is 12.8 Å². The molecule has 0 aliphatic heterocycles. The van der Waals surface area contributed by atoms with Gasteiger partial charge in [-0.3, -0.25) is 9.59 Å². The van der Waals surface area contributed by atoms with Gasteiger partial charge >= 0.3 is 0 Å². The molecular formula is C20H17BrO2. The van der Waals surface area contributed by atoms with Gasteiger partial charge in [-0.25, -0.2) is 0 Å². The normalized spacial score (nSPS) is 21.2. The molecule has 0 spiro atoms. The Labute approximate surface area is 144 Å². The number of benzene rings is 2. The Morgan fingerprint density at radius 3 is 1.87 bits per heavy atom. The van der Waals surface area contributed by atoms with Gasteiger partial charge in [0.05, 0.1) is 10.4 Å². The molecule has 0 radical (unpaired) electrons. The summed E-state index contributed by atoms with van der Waals surface area (Å²) in [5.74, 6) is -0.933. The molecule has 2 aromatic carbocycles. The van der Waals surface area contributed by atoms with Gasteiger partial charge in [-0.05, 0) is 39.9 Å². The van der Waals surface area contributed by atoms with Gasteiger partial charge in [0, 0.05) is 5.92 Å². The maximum atomic E-state index is 12.8. The molecular weight excluding hydrogens is 352 g/mol. The molecule has 2 atom stereocenters. The molecule has 0 aromatic heterocycles. The van der Waals surface area contributed by atoms with Crippen LogP contribution >= 0.6 is 15.9 Å². The number of rotatable bonds is 4. The van der Waals surface area contributed by atoms with E-state index in [2.05, 4.69) is 15.9 Å². The predicted octanol–water partition coefficient (Wildman–Crippen LogP) is 4.13.